The second-order valence-electron chi connectivity index (χ2n) is 4.93. The predicted octanol–water partition coefficient (Wildman–Crippen LogP) is 2.95. The molecule has 0 aliphatic heterocycles. The molecule has 0 atom stereocenters. The first kappa shape index (κ1) is 11.2. The minimum Gasteiger partial charge on any atom is -0.352 e. The summed E-state index contributed by atoms with van der Waals surface area (Å²) in [4.78, 5) is 11.7. The number of nitrogens with one attached hydrogen (secondary N) is 1. The molecule has 0 unspecified atom stereocenters. The van der Waals surface area contributed by atoms with E-state index in [1.165, 1.54) is 18.4 Å². The van der Waals surface area contributed by atoms with Gasteiger partial charge in [0, 0.05) is 12.1 Å². The van der Waals surface area contributed by atoms with E-state index in [-0.39, 0.29) is 5.91 Å². The molecular weight excluding hydrogens is 198 g/mol. The second-order valence-corrected chi connectivity index (χ2v) is 4.93. The van der Waals surface area contributed by atoms with E-state index < -0.39 is 0 Å². The van der Waals surface area contributed by atoms with Crippen molar-refractivity contribution in [3.8, 4) is 0 Å². The van der Waals surface area contributed by atoms with Crippen molar-refractivity contribution < 1.29 is 4.79 Å². The number of benzene rings is 1. The molecule has 16 heavy (non-hydrogen) atoms. The van der Waals surface area contributed by atoms with Crippen molar-refractivity contribution in [1.29, 1.82) is 0 Å². The topological polar surface area (TPSA) is 29.1 Å². The molecule has 1 aliphatic carbocycles. The van der Waals surface area contributed by atoms with E-state index in [4.69, 9.17) is 0 Å². The molecule has 1 aromatic rings. The Hall–Kier alpha value is -1.31. The average Bonchev–Trinajstić information content (AvgIpc) is 3.10. The molecule has 1 aliphatic rings. The Morgan fingerprint density at radius 3 is 2.44 bits per heavy atom. The van der Waals surface area contributed by atoms with Crippen LogP contribution in [0, 0.1) is 5.92 Å². The van der Waals surface area contributed by atoms with E-state index in [1.54, 1.807) is 0 Å². The van der Waals surface area contributed by atoms with Crippen LogP contribution in [-0.4, -0.2) is 12.5 Å². The normalized spacial score (nSPS) is 15.2. The fraction of sp³-hybridized carbons (Fsp3) is 0.500. The Labute approximate surface area is 97.1 Å². The Bertz CT molecular complexity index is 363. The van der Waals surface area contributed by atoms with Crippen molar-refractivity contribution in [2.24, 2.45) is 5.92 Å². The summed E-state index contributed by atoms with van der Waals surface area (Å²) in [6.45, 7) is 5.15. The molecule has 2 heteroatoms. The molecule has 2 nitrogen and oxygen atoms in total. The van der Waals surface area contributed by atoms with Gasteiger partial charge in [0.25, 0.3) is 5.91 Å². The predicted molar refractivity (Wildman–Crippen MR) is 65.6 cm³/mol. The summed E-state index contributed by atoms with van der Waals surface area (Å²) in [5.74, 6) is 1.31. The fourth-order valence-corrected chi connectivity index (χ4v) is 1.68. The van der Waals surface area contributed by atoms with Gasteiger partial charge in [0.05, 0.1) is 0 Å². The monoisotopic (exact) mass is 217 g/mol. The van der Waals surface area contributed by atoms with Gasteiger partial charge in [0.15, 0.2) is 0 Å². The van der Waals surface area contributed by atoms with Crippen molar-refractivity contribution >= 4 is 5.91 Å². The number of rotatable bonds is 4. The zero-order valence-corrected chi connectivity index (χ0v) is 9.99. The van der Waals surface area contributed by atoms with Gasteiger partial charge < -0.3 is 5.32 Å². The van der Waals surface area contributed by atoms with Crippen molar-refractivity contribution in [3.63, 3.8) is 0 Å². The van der Waals surface area contributed by atoms with Crippen LogP contribution in [0.15, 0.2) is 24.3 Å². The van der Waals surface area contributed by atoms with Crippen LogP contribution in [-0.2, 0) is 0 Å². The zero-order valence-electron chi connectivity index (χ0n) is 9.99. The van der Waals surface area contributed by atoms with Gasteiger partial charge in [-0.25, -0.2) is 0 Å². The molecule has 0 heterocycles. The minimum absolute atomic E-state index is 0.0576. The first-order chi connectivity index (χ1) is 7.66. The third kappa shape index (κ3) is 2.84. The van der Waals surface area contributed by atoms with Crippen molar-refractivity contribution in [2.75, 3.05) is 6.54 Å². The van der Waals surface area contributed by atoms with Gasteiger partial charge in [-0.1, -0.05) is 26.0 Å². The molecule has 0 bridgehead atoms. The van der Waals surface area contributed by atoms with Crippen LogP contribution in [0.4, 0.5) is 0 Å². The number of amides is 1. The number of hydrogen-bond acceptors (Lipinski definition) is 1. The molecule has 1 saturated carbocycles. The van der Waals surface area contributed by atoms with E-state index in [0.717, 1.165) is 18.0 Å². The summed E-state index contributed by atoms with van der Waals surface area (Å²) >= 11 is 0. The maximum absolute atomic E-state index is 11.7. The third-order valence-electron chi connectivity index (χ3n) is 3.09. The van der Waals surface area contributed by atoms with Crippen LogP contribution >= 0.6 is 0 Å². The standard InChI is InChI=1S/C14H19NO/c1-10(2)12-5-7-13(8-6-12)14(16)15-9-11-3-4-11/h5-8,10-11H,3-4,9H2,1-2H3,(H,15,16). The van der Waals surface area contributed by atoms with Gasteiger partial charge in [0.2, 0.25) is 0 Å². The summed E-state index contributed by atoms with van der Waals surface area (Å²) in [5.41, 5.74) is 2.05. The zero-order chi connectivity index (χ0) is 11.5. The van der Waals surface area contributed by atoms with Crippen LogP contribution in [0.1, 0.15) is 48.5 Å². The lowest BCUT2D eigenvalue weighted by molar-refractivity contribution is 0.0952. The molecule has 0 spiro atoms. The quantitative estimate of drug-likeness (QED) is 0.825. The highest BCUT2D eigenvalue weighted by molar-refractivity contribution is 5.94. The summed E-state index contributed by atoms with van der Waals surface area (Å²) in [6.07, 6.45) is 2.54. The van der Waals surface area contributed by atoms with Gasteiger partial charge in [-0.05, 0) is 42.4 Å². The number of carbonyl (C=O) groups is 1. The van der Waals surface area contributed by atoms with Crippen LogP contribution in [0.3, 0.4) is 0 Å². The molecular formula is C14H19NO. The molecule has 86 valence electrons. The number of carbonyl (C=O) groups excluding carboxylic acids is 1. The average molecular weight is 217 g/mol. The maximum Gasteiger partial charge on any atom is 0.251 e. The van der Waals surface area contributed by atoms with Gasteiger partial charge >= 0.3 is 0 Å². The first-order valence-electron chi connectivity index (χ1n) is 6.05. The first-order valence-corrected chi connectivity index (χ1v) is 6.05. The summed E-state index contributed by atoms with van der Waals surface area (Å²) in [7, 11) is 0. The highest BCUT2D eigenvalue weighted by Crippen LogP contribution is 2.27. The smallest absolute Gasteiger partial charge is 0.251 e. The Morgan fingerprint density at radius 1 is 1.31 bits per heavy atom. The lowest BCUT2D eigenvalue weighted by atomic mass is 10.0. The summed E-state index contributed by atoms with van der Waals surface area (Å²) in [5, 5.41) is 2.97. The molecule has 0 radical (unpaired) electrons. The van der Waals surface area contributed by atoms with Gasteiger partial charge in [-0.3, -0.25) is 4.79 Å². The summed E-state index contributed by atoms with van der Waals surface area (Å²) < 4.78 is 0. The molecule has 2 rings (SSSR count). The Balaban J connectivity index is 1.94. The van der Waals surface area contributed by atoms with Crippen molar-refractivity contribution in [3.05, 3.63) is 35.4 Å². The molecule has 0 aromatic heterocycles. The van der Waals surface area contributed by atoms with Crippen molar-refractivity contribution in [1.82, 2.24) is 5.32 Å². The SMILES string of the molecule is CC(C)c1ccc(C(=O)NCC2CC2)cc1. The van der Waals surface area contributed by atoms with E-state index in [2.05, 4.69) is 19.2 Å². The molecule has 0 saturated heterocycles. The van der Waals surface area contributed by atoms with Gasteiger partial charge in [0.1, 0.15) is 0 Å². The van der Waals surface area contributed by atoms with Gasteiger partial charge in [-0.2, -0.15) is 0 Å². The molecule has 1 fully saturated rings. The van der Waals surface area contributed by atoms with E-state index in [1.807, 2.05) is 24.3 Å². The van der Waals surface area contributed by atoms with Crippen LogP contribution in [0.5, 0.6) is 0 Å². The fourth-order valence-electron chi connectivity index (χ4n) is 1.68. The molecule has 1 amide bonds. The molecule has 1 N–H and O–H groups in total. The van der Waals surface area contributed by atoms with Crippen LogP contribution in [0.2, 0.25) is 0 Å². The third-order valence-corrected chi connectivity index (χ3v) is 3.09. The van der Waals surface area contributed by atoms with E-state index in [0.29, 0.717) is 5.92 Å². The Kier molecular flexibility index (Phi) is 3.28. The highest BCUT2D eigenvalue weighted by atomic mass is 16.1. The largest absolute Gasteiger partial charge is 0.352 e. The van der Waals surface area contributed by atoms with Crippen LogP contribution < -0.4 is 5.32 Å². The van der Waals surface area contributed by atoms with E-state index >= 15 is 0 Å². The number of hydrogen-bond donors (Lipinski definition) is 1. The highest BCUT2D eigenvalue weighted by Gasteiger charge is 2.21. The Morgan fingerprint density at radius 2 is 1.94 bits per heavy atom. The van der Waals surface area contributed by atoms with E-state index in [9.17, 15) is 4.79 Å². The minimum atomic E-state index is 0.0576. The lowest BCUT2D eigenvalue weighted by Crippen LogP contribution is -2.25. The lowest BCUT2D eigenvalue weighted by Gasteiger charge is -2.07. The van der Waals surface area contributed by atoms with Gasteiger partial charge in [-0.15, -0.1) is 0 Å². The van der Waals surface area contributed by atoms with Crippen molar-refractivity contribution in [2.45, 2.75) is 32.6 Å². The second kappa shape index (κ2) is 4.69. The van der Waals surface area contributed by atoms with Crippen LogP contribution in [0.25, 0.3) is 0 Å². The molecule has 1 aromatic carbocycles. The maximum atomic E-state index is 11.7. The summed E-state index contributed by atoms with van der Waals surface area (Å²) in [6, 6.07) is 7.91.